The average Bonchev–Trinajstić information content (AvgIpc) is 3.02. The summed E-state index contributed by atoms with van der Waals surface area (Å²) in [5.41, 5.74) is 14.5. The Morgan fingerprint density at radius 2 is 1.73 bits per heavy atom. The lowest BCUT2D eigenvalue weighted by molar-refractivity contribution is -0.192. The van der Waals surface area contributed by atoms with Crippen LogP contribution in [0.15, 0.2) is 42.6 Å². The number of halogens is 4. The number of benzene rings is 2. The highest BCUT2D eigenvalue weighted by Gasteiger charge is 2.38. The van der Waals surface area contributed by atoms with Gasteiger partial charge in [-0.1, -0.05) is 18.2 Å². The van der Waals surface area contributed by atoms with Crippen LogP contribution in [0, 0.1) is 5.82 Å². The standard InChI is InChI=1S/C17H14FN5.C2HF3O2/c1-23-7-6-10-14-13(21-17(20)22-16(14)19)8-11(15(10)23)9-4-2-3-5-12(9)18;3-2(4,5)1(6)7/h2-8H,1H3,(H4,19,20,21,22);(H,6,7). The predicted octanol–water partition coefficient (Wildman–Crippen LogP) is 3.73. The second-order valence-electron chi connectivity index (χ2n) is 6.26. The van der Waals surface area contributed by atoms with Gasteiger partial charge in [0, 0.05) is 29.8 Å². The molecule has 2 heterocycles. The van der Waals surface area contributed by atoms with Crippen LogP contribution in [0.1, 0.15) is 0 Å². The van der Waals surface area contributed by atoms with Gasteiger partial charge in [0.25, 0.3) is 0 Å². The first-order chi connectivity index (χ1) is 14.0. The number of carboxylic acid groups (broad SMARTS) is 1. The summed E-state index contributed by atoms with van der Waals surface area (Å²) in [7, 11) is 1.91. The molecule has 0 atom stereocenters. The largest absolute Gasteiger partial charge is 0.490 e. The molecule has 30 heavy (non-hydrogen) atoms. The van der Waals surface area contributed by atoms with E-state index in [1.165, 1.54) is 6.07 Å². The highest BCUT2D eigenvalue weighted by atomic mass is 19.4. The molecule has 0 radical (unpaired) electrons. The van der Waals surface area contributed by atoms with Crippen molar-refractivity contribution in [1.82, 2.24) is 14.5 Å². The molecular weight excluding hydrogens is 406 g/mol. The van der Waals surface area contributed by atoms with Crippen LogP contribution in [-0.2, 0) is 11.8 Å². The third kappa shape index (κ3) is 3.81. The van der Waals surface area contributed by atoms with E-state index in [-0.39, 0.29) is 11.8 Å². The summed E-state index contributed by atoms with van der Waals surface area (Å²) in [6, 6.07) is 10.4. The molecule has 0 saturated carbocycles. The number of nitrogens with zero attached hydrogens (tertiary/aromatic N) is 3. The zero-order valence-corrected chi connectivity index (χ0v) is 15.4. The maximum atomic E-state index is 14.3. The Morgan fingerprint density at radius 3 is 2.33 bits per heavy atom. The van der Waals surface area contributed by atoms with Crippen molar-refractivity contribution in [2.45, 2.75) is 6.18 Å². The van der Waals surface area contributed by atoms with Crippen molar-refractivity contribution in [2.24, 2.45) is 7.05 Å². The van der Waals surface area contributed by atoms with Gasteiger partial charge in [0.05, 0.1) is 16.4 Å². The highest BCUT2D eigenvalue weighted by molar-refractivity contribution is 6.15. The van der Waals surface area contributed by atoms with E-state index in [4.69, 9.17) is 21.4 Å². The van der Waals surface area contributed by atoms with E-state index in [0.717, 1.165) is 21.9 Å². The van der Waals surface area contributed by atoms with E-state index in [1.807, 2.05) is 29.9 Å². The van der Waals surface area contributed by atoms with Crippen molar-refractivity contribution < 1.29 is 27.5 Å². The molecule has 0 fully saturated rings. The molecule has 0 amide bonds. The first kappa shape index (κ1) is 20.8. The van der Waals surface area contributed by atoms with E-state index < -0.39 is 12.1 Å². The van der Waals surface area contributed by atoms with Crippen molar-refractivity contribution in [3.8, 4) is 11.1 Å². The molecule has 2 aromatic carbocycles. The van der Waals surface area contributed by atoms with Gasteiger partial charge in [-0.3, -0.25) is 0 Å². The molecule has 0 bridgehead atoms. The number of nitrogen functional groups attached to an aromatic ring is 2. The molecule has 0 unspecified atom stereocenters. The van der Waals surface area contributed by atoms with Gasteiger partial charge in [0.2, 0.25) is 5.95 Å². The predicted molar refractivity (Wildman–Crippen MR) is 104 cm³/mol. The molecule has 0 aliphatic carbocycles. The quantitative estimate of drug-likeness (QED) is 0.403. The minimum atomic E-state index is -5.08. The summed E-state index contributed by atoms with van der Waals surface area (Å²) in [6.45, 7) is 0. The van der Waals surface area contributed by atoms with Crippen LogP contribution in [0.3, 0.4) is 0 Å². The minimum Gasteiger partial charge on any atom is -0.475 e. The Morgan fingerprint density at radius 1 is 1.10 bits per heavy atom. The molecule has 156 valence electrons. The van der Waals surface area contributed by atoms with Gasteiger partial charge in [0.1, 0.15) is 11.6 Å². The highest BCUT2D eigenvalue weighted by Crippen LogP contribution is 2.37. The minimum absolute atomic E-state index is 0.102. The zero-order valence-electron chi connectivity index (χ0n) is 15.4. The maximum absolute atomic E-state index is 14.3. The number of anilines is 2. The molecule has 0 aliphatic heterocycles. The number of aliphatic carboxylic acids is 1. The molecule has 4 rings (SSSR count). The van der Waals surface area contributed by atoms with Crippen LogP contribution in [-0.4, -0.2) is 31.8 Å². The van der Waals surface area contributed by atoms with Crippen molar-refractivity contribution in [2.75, 3.05) is 11.5 Å². The van der Waals surface area contributed by atoms with E-state index >= 15 is 0 Å². The number of hydrogen-bond donors (Lipinski definition) is 3. The van der Waals surface area contributed by atoms with Gasteiger partial charge in [-0.15, -0.1) is 0 Å². The number of nitrogens with two attached hydrogens (primary N) is 2. The molecule has 11 heteroatoms. The van der Waals surface area contributed by atoms with Gasteiger partial charge in [-0.25, -0.2) is 14.2 Å². The van der Waals surface area contributed by atoms with Crippen LogP contribution >= 0.6 is 0 Å². The third-order valence-electron chi connectivity index (χ3n) is 4.27. The Kier molecular flexibility index (Phi) is 5.21. The molecule has 0 saturated heterocycles. The second-order valence-corrected chi connectivity index (χ2v) is 6.26. The Bertz CT molecular complexity index is 1270. The van der Waals surface area contributed by atoms with Crippen LogP contribution in [0.4, 0.5) is 29.3 Å². The number of hydrogen-bond acceptors (Lipinski definition) is 5. The first-order valence-corrected chi connectivity index (χ1v) is 8.36. The number of carbonyl (C=O) groups is 1. The summed E-state index contributed by atoms with van der Waals surface area (Å²) in [6.07, 6.45) is -3.18. The number of alkyl halides is 3. The smallest absolute Gasteiger partial charge is 0.475 e. The fourth-order valence-electron chi connectivity index (χ4n) is 3.05. The molecule has 4 aromatic rings. The van der Waals surface area contributed by atoms with Gasteiger partial charge < -0.3 is 21.1 Å². The van der Waals surface area contributed by atoms with Crippen LogP contribution in [0.2, 0.25) is 0 Å². The van der Waals surface area contributed by atoms with Crippen molar-refractivity contribution in [1.29, 1.82) is 0 Å². The summed E-state index contributed by atoms with van der Waals surface area (Å²) < 4.78 is 48.0. The molecular formula is C19H15F4N5O2. The summed E-state index contributed by atoms with van der Waals surface area (Å²) in [4.78, 5) is 17.2. The SMILES string of the molecule is Cn1ccc2c3c(N)nc(N)nc3cc(-c3ccccc3F)c21.O=C(O)C(F)(F)F. The topological polar surface area (TPSA) is 120 Å². The lowest BCUT2D eigenvalue weighted by Gasteiger charge is -2.11. The van der Waals surface area contributed by atoms with Crippen LogP contribution < -0.4 is 11.5 Å². The number of carboxylic acids is 1. The lowest BCUT2D eigenvalue weighted by Crippen LogP contribution is -2.21. The molecule has 2 aromatic heterocycles. The fraction of sp³-hybridized carbons (Fsp3) is 0.105. The summed E-state index contributed by atoms with van der Waals surface area (Å²) >= 11 is 0. The number of rotatable bonds is 1. The zero-order chi connectivity index (χ0) is 22.2. The average molecular weight is 421 g/mol. The van der Waals surface area contributed by atoms with Gasteiger partial charge >= 0.3 is 12.1 Å². The monoisotopic (exact) mass is 421 g/mol. The molecule has 5 N–H and O–H groups in total. The summed E-state index contributed by atoms with van der Waals surface area (Å²) in [5, 5.41) is 8.73. The number of aryl methyl sites for hydroxylation is 1. The molecule has 0 aliphatic rings. The first-order valence-electron chi connectivity index (χ1n) is 8.36. The lowest BCUT2D eigenvalue weighted by atomic mass is 9.99. The van der Waals surface area contributed by atoms with Gasteiger partial charge in [-0.05, 0) is 18.2 Å². The maximum Gasteiger partial charge on any atom is 0.490 e. The Hall–Kier alpha value is -3.89. The van der Waals surface area contributed by atoms with Gasteiger partial charge in [-0.2, -0.15) is 18.2 Å². The normalized spacial score (nSPS) is 11.4. The molecule has 7 nitrogen and oxygen atoms in total. The van der Waals surface area contributed by atoms with E-state index in [9.17, 15) is 17.6 Å². The van der Waals surface area contributed by atoms with E-state index in [0.29, 0.717) is 16.9 Å². The van der Waals surface area contributed by atoms with E-state index in [2.05, 4.69) is 9.97 Å². The number of fused-ring (bicyclic) bond motifs is 3. The van der Waals surface area contributed by atoms with Crippen molar-refractivity contribution >= 4 is 39.5 Å². The molecule has 0 spiro atoms. The summed E-state index contributed by atoms with van der Waals surface area (Å²) in [5.74, 6) is -2.62. The second kappa shape index (κ2) is 7.50. The number of aromatic nitrogens is 3. The van der Waals surface area contributed by atoms with Crippen molar-refractivity contribution in [3.63, 3.8) is 0 Å². The fourth-order valence-corrected chi connectivity index (χ4v) is 3.05. The Balaban J connectivity index is 0.000000318. The van der Waals surface area contributed by atoms with Crippen molar-refractivity contribution in [3.05, 3.63) is 48.4 Å². The third-order valence-corrected chi connectivity index (χ3v) is 4.27. The van der Waals surface area contributed by atoms with Crippen LogP contribution in [0.25, 0.3) is 32.9 Å². The van der Waals surface area contributed by atoms with E-state index in [1.54, 1.807) is 18.2 Å². The van der Waals surface area contributed by atoms with Gasteiger partial charge in [0.15, 0.2) is 0 Å². The van der Waals surface area contributed by atoms with Crippen LogP contribution in [0.5, 0.6) is 0 Å². The Labute approximate surface area is 166 Å².